The van der Waals surface area contributed by atoms with Crippen molar-refractivity contribution in [2.24, 2.45) is 0 Å². The van der Waals surface area contributed by atoms with Gasteiger partial charge >= 0.3 is 0 Å². The molecule has 11 aromatic rings. The van der Waals surface area contributed by atoms with Crippen molar-refractivity contribution < 1.29 is 0 Å². The smallest absolute Gasteiger partial charge is 0.00201 e. The summed E-state index contributed by atoms with van der Waals surface area (Å²) < 4.78 is 0. The average molecular weight is 839 g/mol. The Morgan fingerprint density at radius 3 is 1.76 bits per heavy atom. The average Bonchev–Trinajstić information content (AvgIpc) is 3.37. The summed E-state index contributed by atoms with van der Waals surface area (Å²) in [5.74, 6) is 0. The van der Waals surface area contributed by atoms with Gasteiger partial charge in [-0.25, -0.2) is 0 Å². The fourth-order valence-electron chi connectivity index (χ4n) is 10.8. The van der Waals surface area contributed by atoms with Gasteiger partial charge in [-0.2, -0.15) is 0 Å². The molecule has 1 aliphatic rings. The number of hydrogen-bond donors (Lipinski definition) is 0. The van der Waals surface area contributed by atoms with Crippen molar-refractivity contribution in [2.45, 2.75) is 12.8 Å². The van der Waals surface area contributed by atoms with Gasteiger partial charge in [0.25, 0.3) is 0 Å². The molecule has 0 spiro atoms. The molecular formula is C66H46. The minimum absolute atomic E-state index is 0.922. The van der Waals surface area contributed by atoms with Crippen molar-refractivity contribution in [3.8, 4) is 22.3 Å². The van der Waals surface area contributed by atoms with Crippen LogP contribution in [0.1, 0.15) is 24.0 Å². The Morgan fingerprint density at radius 1 is 0.424 bits per heavy atom. The molecule has 0 aliphatic heterocycles. The van der Waals surface area contributed by atoms with Crippen LogP contribution >= 0.6 is 0 Å². The van der Waals surface area contributed by atoms with Crippen molar-refractivity contribution in [3.63, 3.8) is 0 Å². The molecule has 0 fully saturated rings. The first-order valence-electron chi connectivity index (χ1n) is 23.0. The molecule has 66 heavy (non-hydrogen) atoms. The van der Waals surface area contributed by atoms with E-state index in [0.717, 1.165) is 40.5 Å². The summed E-state index contributed by atoms with van der Waals surface area (Å²) in [4.78, 5) is 0. The molecule has 0 saturated carbocycles. The van der Waals surface area contributed by atoms with Crippen LogP contribution in [0.5, 0.6) is 0 Å². The molecule has 0 nitrogen and oxygen atoms in total. The third-order valence-corrected chi connectivity index (χ3v) is 13.8. The standard InChI is InChI=1S/C66H46/c1-3-4-16-43(2)51-27-11-22-46(53-38-40-62-60-30-14-25-48-24-13-29-59(65(48)60)61-32-15-31-58(53)66(61)62)33-35-52(45-19-6-5-7-20-45)56-36-34-50(42-63(51)56)54-37-39-55-49-26-10-18-44(41-49)17-8-9-21-47-23-12-28-57(54)64(47)55/h3-6,8-19,21-42H,1-2,7,20H2. The highest BCUT2D eigenvalue weighted by molar-refractivity contribution is 6.34. The number of benzene rings is 9. The van der Waals surface area contributed by atoms with Crippen LogP contribution in [0.2, 0.25) is 0 Å². The van der Waals surface area contributed by atoms with Gasteiger partial charge in [-0.05, 0) is 156 Å². The Labute approximate surface area is 385 Å². The third kappa shape index (κ3) is 6.61. The molecule has 310 valence electrons. The Kier molecular flexibility index (Phi) is 9.73. The molecule has 2 bridgehead atoms. The van der Waals surface area contributed by atoms with Gasteiger partial charge in [0, 0.05) is 0 Å². The van der Waals surface area contributed by atoms with E-state index in [1.807, 2.05) is 12.2 Å². The molecule has 0 amide bonds. The lowest BCUT2D eigenvalue weighted by atomic mass is 9.87. The van der Waals surface area contributed by atoms with E-state index in [0.29, 0.717) is 0 Å². The van der Waals surface area contributed by atoms with Crippen molar-refractivity contribution in [2.75, 3.05) is 0 Å². The number of hydrogen-bond acceptors (Lipinski definition) is 0. The van der Waals surface area contributed by atoms with Gasteiger partial charge in [-0.3, -0.25) is 0 Å². The van der Waals surface area contributed by atoms with Gasteiger partial charge in [0.1, 0.15) is 0 Å². The second kappa shape index (κ2) is 16.3. The van der Waals surface area contributed by atoms with Gasteiger partial charge in [0.05, 0.1) is 0 Å². The molecule has 1 aliphatic carbocycles. The molecule has 11 aromatic carbocycles. The van der Waals surface area contributed by atoms with E-state index < -0.39 is 0 Å². The Bertz CT molecular complexity index is 3970. The molecule has 0 heterocycles. The van der Waals surface area contributed by atoms with Gasteiger partial charge in [-0.1, -0.05) is 232 Å². The lowest BCUT2D eigenvalue weighted by molar-refractivity contribution is 1.06. The second-order valence-corrected chi connectivity index (χ2v) is 17.6. The van der Waals surface area contributed by atoms with Crippen LogP contribution in [0.25, 0.3) is 120 Å². The molecule has 0 heteroatoms. The highest BCUT2D eigenvalue weighted by Crippen LogP contribution is 2.44. The monoisotopic (exact) mass is 838 g/mol. The molecule has 0 atom stereocenters. The molecular weight excluding hydrogens is 793 g/mol. The fraction of sp³-hybridized carbons (Fsp3) is 0.0303. The van der Waals surface area contributed by atoms with Crippen molar-refractivity contribution >= 4 is 97.3 Å². The zero-order valence-corrected chi connectivity index (χ0v) is 36.8. The van der Waals surface area contributed by atoms with E-state index in [-0.39, 0.29) is 0 Å². The van der Waals surface area contributed by atoms with Crippen LogP contribution in [0.3, 0.4) is 0 Å². The number of rotatable bonds is 6. The minimum atomic E-state index is 0.922. The predicted octanol–water partition coefficient (Wildman–Crippen LogP) is 18.9. The highest BCUT2D eigenvalue weighted by Gasteiger charge is 2.17. The first-order chi connectivity index (χ1) is 32.6. The van der Waals surface area contributed by atoms with Gasteiger partial charge < -0.3 is 0 Å². The van der Waals surface area contributed by atoms with Crippen molar-refractivity contribution in [1.82, 2.24) is 0 Å². The maximum Gasteiger partial charge on any atom is -0.00201 e. The van der Waals surface area contributed by atoms with Crippen LogP contribution in [-0.4, -0.2) is 0 Å². The van der Waals surface area contributed by atoms with E-state index in [9.17, 15) is 0 Å². The lowest BCUT2D eigenvalue weighted by Crippen LogP contribution is -1.92. The molecule has 0 unspecified atom stereocenters. The van der Waals surface area contributed by atoms with Gasteiger partial charge in [0.15, 0.2) is 0 Å². The van der Waals surface area contributed by atoms with Crippen LogP contribution in [0, 0.1) is 0 Å². The van der Waals surface area contributed by atoms with Crippen LogP contribution < -0.4 is 0 Å². The summed E-state index contributed by atoms with van der Waals surface area (Å²) in [5.41, 5.74) is 9.25. The highest BCUT2D eigenvalue weighted by atomic mass is 14.2. The van der Waals surface area contributed by atoms with Gasteiger partial charge in [0.2, 0.25) is 0 Å². The van der Waals surface area contributed by atoms with E-state index in [4.69, 9.17) is 6.58 Å². The zero-order chi connectivity index (χ0) is 44.1. The first kappa shape index (κ1) is 39.3. The van der Waals surface area contributed by atoms with Gasteiger partial charge in [-0.15, -0.1) is 0 Å². The summed E-state index contributed by atoms with van der Waals surface area (Å²) in [6, 6.07) is 72.3. The quantitative estimate of drug-likeness (QED) is 0.0889. The maximum absolute atomic E-state index is 4.70. The van der Waals surface area contributed by atoms with E-state index in [2.05, 4.69) is 225 Å². The van der Waals surface area contributed by atoms with E-state index in [1.54, 1.807) is 0 Å². The summed E-state index contributed by atoms with van der Waals surface area (Å²) in [5, 5.41) is 20.0. The molecule has 0 aromatic heterocycles. The predicted molar refractivity (Wildman–Crippen MR) is 290 cm³/mol. The SMILES string of the molecule is C=CC=CC(=C)c1cccc(-c2ccc3c4cccc5cccc(c6cccc2c63)c54)ccc(C2=CC=CCC2)c2ccc(-c3ccc4c5cccc(ccccc6cccc3c64)c5)cc12. The van der Waals surface area contributed by atoms with Crippen molar-refractivity contribution in [1.29, 1.82) is 0 Å². The topological polar surface area (TPSA) is 0 Å². The van der Waals surface area contributed by atoms with Crippen molar-refractivity contribution in [3.05, 3.63) is 255 Å². The summed E-state index contributed by atoms with van der Waals surface area (Å²) in [7, 11) is 0. The van der Waals surface area contributed by atoms with E-state index >= 15 is 0 Å². The molecule has 0 N–H and O–H groups in total. The first-order valence-corrected chi connectivity index (χ1v) is 23.0. The molecule has 0 saturated heterocycles. The Morgan fingerprint density at radius 2 is 0.985 bits per heavy atom. The Balaban J connectivity index is 1.13. The zero-order valence-electron chi connectivity index (χ0n) is 36.8. The van der Waals surface area contributed by atoms with Crippen LogP contribution in [0.15, 0.2) is 244 Å². The summed E-state index contributed by atoms with van der Waals surface area (Å²) in [6.45, 7) is 8.71. The van der Waals surface area contributed by atoms with Crippen LogP contribution in [0.4, 0.5) is 0 Å². The number of fused-ring (bicyclic) bond motifs is 6. The minimum Gasteiger partial charge on any atom is -0.0991 e. The second-order valence-electron chi connectivity index (χ2n) is 17.6. The van der Waals surface area contributed by atoms with E-state index in [1.165, 1.54) is 103 Å². The maximum atomic E-state index is 4.70. The van der Waals surface area contributed by atoms with Crippen LogP contribution in [-0.2, 0) is 0 Å². The molecule has 0 radical (unpaired) electrons. The number of allylic oxidation sites excluding steroid dienone is 8. The lowest BCUT2D eigenvalue weighted by Gasteiger charge is -2.17. The fourth-order valence-corrected chi connectivity index (χ4v) is 10.8. The summed E-state index contributed by atoms with van der Waals surface area (Å²) >= 11 is 0. The normalized spacial score (nSPS) is 12.8. The summed E-state index contributed by atoms with van der Waals surface area (Å²) in [6.07, 6.45) is 14.6. The largest absolute Gasteiger partial charge is 0.0991 e. The Hall–Kier alpha value is -8.32. The third-order valence-electron chi connectivity index (χ3n) is 13.8. The molecule has 12 rings (SSSR count).